The Balaban J connectivity index is 1.61. The highest BCUT2D eigenvalue weighted by molar-refractivity contribution is 6.02. The molecule has 2 amide bonds. The summed E-state index contributed by atoms with van der Waals surface area (Å²) in [6.07, 6.45) is 1.85. The molecule has 1 N–H and O–H groups in total. The van der Waals surface area contributed by atoms with Crippen molar-refractivity contribution in [1.29, 1.82) is 0 Å². The van der Waals surface area contributed by atoms with E-state index in [0.29, 0.717) is 18.5 Å². The molecular weight excluding hydrogens is 314 g/mol. The predicted octanol–water partition coefficient (Wildman–Crippen LogP) is 2.99. The highest BCUT2D eigenvalue weighted by Crippen LogP contribution is 2.15. The summed E-state index contributed by atoms with van der Waals surface area (Å²) in [4.78, 5) is 15.4. The van der Waals surface area contributed by atoms with Crippen LogP contribution in [-0.4, -0.2) is 28.3 Å². The number of aryl methyl sites for hydroxylation is 1. The summed E-state index contributed by atoms with van der Waals surface area (Å²) in [5.41, 5.74) is 3.37. The van der Waals surface area contributed by atoms with Gasteiger partial charge in [-0.25, -0.2) is 19.2 Å². The minimum absolute atomic E-state index is 0.0505. The largest absolute Gasteiger partial charge is 0.338 e. The van der Waals surface area contributed by atoms with Crippen LogP contribution < -0.4 is 5.32 Å². The van der Waals surface area contributed by atoms with Gasteiger partial charge in [-0.1, -0.05) is 29.8 Å². The second-order valence-electron chi connectivity index (χ2n) is 5.56. The summed E-state index contributed by atoms with van der Waals surface area (Å²) in [6, 6.07) is 8.56. The van der Waals surface area contributed by atoms with Crippen molar-refractivity contribution in [1.82, 2.24) is 15.3 Å². The van der Waals surface area contributed by atoms with E-state index in [0.717, 1.165) is 22.9 Å². The molecule has 1 aromatic carbocycles. The Bertz CT molecular complexity index is 790. The van der Waals surface area contributed by atoms with Gasteiger partial charge in [0, 0.05) is 19.2 Å². The lowest BCUT2D eigenvalue weighted by atomic mass is 10.1. The molecule has 24 heavy (non-hydrogen) atoms. The van der Waals surface area contributed by atoms with Crippen LogP contribution in [0.15, 0.2) is 41.6 Å². The molecule has 1 aliphatic heterocycles. The maximum atomic E-state index is 13.1. The lowest BCUT2D eigenvalue weighted by Crippen LogP contribution is -2.34. The van der Waals surface area contributed by atoms with E-state index in [1.54, 1.807) is 0 Å². The summed E-state index contributed by atoms with van der Waals surface area (Å²) in [6.45, 7) is 2.53. The molecule has 0 saturated carbocycles. The molecule has 0 atom stereocenters. The van der Waals surface area contributed by atoms with E-state index in [9.17, 15) is 13.6 Å². The monoisotopic (exact) mass is 330 g/mol. The molecule has 0 bridgehead atoms. The number of nitrogens with one attached hydrogen (secondary N) is 1. The zero-order valence-electron chi connectivity index (χ0n) is 13.1. The molecule has 0 aliphatic carbocycles. The number of nitrogens with zero attached hydrogens (tertiary/aromatic N) is 3. The van der Waals surface area contributed by atoms with E-state index in [4.69, 9.17) is 0 Å². The van der Waals surface area contributed by atoms with Gasteiger partial charge in [-0.3, -0.25) is 0 Å². The number of pyridine rings is 1. The number of hydrogen-bond acceptors (Lipinski definition) is 3. The van der Waals surface area contributed by atoms with Crippen molar-refractivity contribution >= 4 is 11.7 Å². The maximum Gasteiger partial charge on any atom is 0.338 e. The van der Waals surface area contributed by atoms with Gasteiger partial charge in [-0.15, -0.1) is 0 Å². The van der Waals surface area contributed by atoms with Crippen LogP contribution in [0, 0.1) is 18.7 Å². The van der Waals surface area contributed by atoms with E-state index in [1.807, 2.05) is 31.2 Å². The number of carbonyl (C=O) groups excluding carboxylic acids is 1. The van der Waals surface area contributed by atoms with Gasteiger partial charge in [-0.05, 0) is 24.1 Å². The molecule has 124 valence electrons. The topological polar surface area (TPSA) is 57.6 Å². The van der Waals surface area contributed by atoms with Gasteiger partial charge in [0.05, 0.1) is 12.3 Å². The zero-order chi connectivity index (χ0) is 17.1. The zero-order valence-corrected chi connectivity index (χ0v) is 13.1. The van der Waals surface area contributed by atoms with E-state index in [-0.39, 0.29) is 12.6 Å². The Hall–Kier alpha value is -2.83. The van der Waals surface area contributed by atoms with Crippen LogP contribution in [-0.2, 0) is 6.54 Å². The fraction of sp³-hybridized carbons (Fsp3) is 0.235. The number of urea groups is 1. The van der Waals surface area contributed by atoms with Gasteiger partial charge in [0.1, 0.15) is 0 Å². The molecule has 1 aromatic heterocycles. The van der Waals surface area contributed by atoms with Gasteiger partial charge < -0.3 is 5.32 Å². The standard InChI is InChI=1S/C17H16F2N4O/c1-11-2-4-13(5-3-11)15-6-7-23(22-15)17(24)21-10-12-8-14(18)16(19)20-9-12/h2-5,8-9H,6-7,10H2,1H3,(H,21,24). The van der Waals surface area contributed by atoms with E-state index < -0.39 is 11.8 Å². The van der Waals surface area contributed by atoms with Gasteiger partial charge in [0.25, 0.3) is 0 Å². The lowest BCUT2D eigenvalue weighted by molar-refractivity contribution is 0.205. The Morgan fingerprint density at radius 2 is 2.04 bits per heavy atom. The van der Waals surface area contributed by atoms with Crippen LogP contribution in [0.4, 0.5) is 13.6 Å². The summed E-state index contributed by atoms with van der Waals surface area (Å²) in [5, 5.41) is 8.28. The molecule has 2 heterocycles. The molecule has 0 fully saturated rings. The minimum Gasteiger partial charge on any atom is -0.332 e. The first-order valence-electron chi connectivity index (χ1n) is 7.53. The van der Waals surface area contributed by atoms with Crippen molar-refractivity contribution in [3.8, 4) is 0 Å². The van der Waals surface area contributed by atoms with Crippen LogP contribution in [0.25, 0.3) is 0 Å². The van der Waals surface area contributed by atoms with E-state index >= 15 is 0 Å². The SMILES string of the molecule is Cc1ccc(C2=NN(C(=O)NCc3cnc(F)c(F)c3)CC2)cc1. The van der Waals surface area contributed by atoms with Crippen molar-refractivity contribution in [2.45, 2.75) is 19.9 Å². The molecule has 3 rings (SSSR count). The number of rotatable bonds is 3. The number of halogens is 2. The molecule has 0 saturated heterocycles. The van der Waals surface area contributed by atoms with Crippen LogP contribution >= 0.6 is 0 Å². The summed E-state index contributed by atoms with van der Waals surface area (Å²) < 4.78 is 25.9. The van der Waals surface area contributed by atoms with E-state index in [1.165, 1.54) is 11.2 Å². The number of hydrazone groups is 1. The molecule has 1 aliphatic rings. The summed E-state index contributed by atoms with van der Waals surface area (Å²) in [5.74, 6) is -2.19. The maximum absolute atomic E-state index is 13.1. The van der Waals surface area contributed by atoms with Crippen molar-refractivity contribution < 1.29 is 13.6 Å². The summed E-state index contributed by atoms with van der Waals surface area (Å²) >= 11 is 0. The predicted molar refractivity (Wildman–Crippen MR) is 85.4 cm³/mol. The van der Waals surface area contributed by atoms with Crippen molar-refractivity contribution in [2.75, 3.05) is 6.54 Å². The Morgan fingerprint density at radius 1 is 1.29 bits per heavy atom. The van der Waals surface area contributed by atoms with Gasteiger partial charge in [0.2, 0.25) is 5.95 Å². The van der Waals surface area contributed by atoms with Crippen molar-refractivity contribution in [2.24, 2.45) is 5.10 Å². The molecule has 5 nitrogen and oxygen atoms in total. The molecule has 2 aromatic rings. The lowest BCUT2D eigenvalue weighted by Gasteiger charge is -2.12. The normalized spacial score (nSPS) is 13.8. The molecule has 0 radical (unpaired) electrons. The van der Waals surface area contributed by atoms with Crippen LogP contribution in [0.3, 0.4) is 0 Å². The van der Waals surface area contributed by atoms with Gasteiger partial charge in [0.15, 0.2) is 5.82 Å². The third-order valence-corrected chi connectivity index (χ3v) is 3.72. The first kappa shape index (κ1) is 16.0. The molecule has 7 heteroatoms. The number of aromatic nitrogens is 1. The Morgan fingerprint density at radius 3 is 2.75 bits per heavy atom. The number of hydrogen-bond donors (Lipinski definition) is 1. The second kappa shape index (κ2) is 6.74. The first-order chi connectivity index (χ1) is 11.5. The van der Waals surface area contributed by atoms with Gasteiger partial charge >= 0.3 is 6.03 Å². The third-order valence-electron chi connectivity index (χ3n) is 3.72. The van der Waals surface area contributed by atoms with Gasteiger partial charge in [-0.2, -0.15) is 9.49 Å². The Labute approximate surface area is 138 Å². The highest BCUT2D eigenvalue weighted by Gasteiger charge is 2.21. The average Bonchev–Trinajstić information content (AvgIpc) is 3.06. The van der Waals surface area contributed by atoms with E-state index in [2.05, 4.69) is 15.4 Å². The fourth-order valence-corrected chi connectivity index (χ4v) is 2.38. The smallest absolute Gasteiger partial charge is 0.332 e. The summed E-state index contributed by atoms with van der Waals surface area (Å²) in [7, 11) is 0. The van der Waals surface area contributed by atoms with Crippen LogP contribution in [0.2, 0.25) is 0 Å². The number of benzene rings is 1. The van der Waals surface area contributed by atoms with Crippen LogP contribution in [0.1, 0.15) is 23.1 Å². The third kappa shape index (κ3) is 3.56. The van der Waals surface area contributed by atoms with Crippen molar-refractivity contribution in [3.63, 3.8) is 0 Å². The molecule has 0 unspecified atom stereocenters. The quantitative estimate of drug-likeness (QED) is 0.880. The first-order valence-corrected chi connectivity index (χ1v) is 7.53. The average molecular weight is 330 g/mol. The minimum atomic E-state index is -1.16. The fourth-order valence-electron chi connectivity index (χ4n) is 2.38. The van der Waals surface area contributed by atoms with Crippen LogP contribution in [0.5, 0.6) is 0 Å². The number of amides is 2. The molecule has 0 spiro atoms. The number of carbonyl (C=O) groups is 1. The highest BCUT2D eigenvalue weighted by atomic mass is 19.2. The second-order valence-corrected chi connectivity index (χ2v) is 5.56. The Kier molecular flexibility index (Phi) is 4.50. The van der Waals surface area contributed by atoms with Crippen molar-refractivity contribution in [3.05, 3.63) is 65.0 Å². The molecular formula is C17H16F2N4O.